The van der Waals surface area contributed by atoms with E-state index in [0.29, 0.717) is 31.2 Å². The summed E-state index contributed by atoms with van der Waals surface area (Å²) in [7, 11) is 1.90. The van der Waals surface area contributed by atoms with Crippen molar-refractivity contribution in [2.45, 2.75) is 58.1 Å². The van der Waals surface area contributed by atoms with Crippen molar-refractivity contribution in [2.75, 3.05) is 39.8 Å². The molecule has 1 unspecified atom stereocenters. The molecule has 1 atom stereocenters. The average molecular weight is 509 g/mol. The molecule has 200 valence electrons. The van der Waals surface area contributed by atoms with E-state index in [1.807, 2.05) is 63.1 Å². The second-order valence-electron chi connectivity index (χ2n) is 11.0. The number of aromatic nitrogens is 1. The molecule has 8 heteroatoms. The van der Waals surface area contributed by atoms with Gasteiger partial charge in [0.15, 0.2) is 0 Å². The van der Waals surface area contributed by atoms with Crippen molar-refractivity contribution in [1.29, 1.82) is 0 Å². The highest BCUT2D eigenvalue weighted by molar-refractivity contribution is 5.95. The summed E-state index contributed by atoms with van der Waals surface area (Å²) < 4.78 is 11.6. The predicted octanol–water partition coefficient (Wildman–Crippen LogP) is 4.60. The van der Waals surface area contributed by atoms with Gasteiger partial charge in [-0.05, 0) is 77.6 Å². The van der Waals surface area contributed by atoms with Crippen molar-refractivity contribution in [3.05, 3.63) is 48.3 Å². The van der Waals surface area contributed by atoms with Crippen molar-refractivity contribution >= 4 is 12.0 Å². The first-order valence-electron chi connectivity index (χ1n) is 13.4. The third kappa shape index (κ3) is 7.01. The Morgan fingerprint density at radius 1 is 1.08 bits per heavy atom. The van der Waals surface area contributed by atoms with Crippen molar-refractivity contribution in [3.63, 3.8) is 0 Å². The SMILES string of the molecule is CN1C(=O)c2cncc(c2)-c2ccccc2OCCCNCCC1C1CCN(C(=O)OC(C)(C)C)CC1. The minimum Gasteiger partial charge on any atom is -0.493 e. The molecule has 2 amide bonds. The molecule has 0 spiro atoms. The Kier molecular flexibility index (Phi) is 8.69. The van der Waals surface area contributed by atoms with E-state index < -0.39 is 5.60 Å². The maximum absolute atomic E-state index is 13.7. The maximum Gasteiger partial charge on any atom is 0.410 e. The lowest BCUT2D eigenvalue weighted by Gasteiger charge is -2.40. The number of hydrogen-bond acceptors (Lipinski definition) is 6. The van der Waals surface area contributed by atoms with Crippen LogP contribution in [0.3, 0.4) is 0 Å². The number of pyridine rings is 1. The van der Waals surface area contributed by atoms with Crippen LogP contribution in [0.15, 0.2) is 42.7 Å². The summed E-state index contributed by atoms with van der Waals surface area (Å²) in [6.45, 7) is 9.20. The number of likely N-dealkylation sites (tertiary alicyclic amines) is 1. The standard InChI is InChI=1S/C29H40N4O4/c1-29(2,3)37-28(35)33-15-11-21(12-16-33)25-10-14-30-13-7-17-36-26-9-6-5-8-24(26)22-18-23(20-31-19-22)27(34)32(25)4/h5-6,8-9,18-21,25,30H,7,10-17H2,1-4H3. The molecule has 1 fully saturated rings. The third-order valence-corrected chi connectivity index (χ3v) is 7.11. The fourth-order valence-electron chi connectivity index (χ4n) is 5.18. The minimum atomic E-state index is -0.510. The molecule has 2 aliphatic rings. The number of carbonyl (C=O) groups is 2. The lowest BCUT2D eigenvalue weighted by molar-refractivity contribution is 0.0131. The zero-order valence-electron chi connectivity index (χ0n) is 22.5. The van der Waals surface area contributed by atoms with E-state index in [9.17, 15) is 9.59 Å². The first kappa shape index (κ1) is 26.9. The number of fused-ring (bicyclic) bond motifs is 4. The van der Waals surface area contributed by atoms with E-state index in [4.69, 9.17) is 9.47 Å². The van der Waals surface area contributed by atoms with E-state index in [1.54, 1.807) is 17.3 Å². The fraction of sp³-hybridized carbons (Fsp3) is 0.552. The van der Waals surface area contributed by atoms with E-state index in [2.05, 4.69) is 10.3 Å². The molecule has 1 aromatic carbocycles. The van der Waals surface area contributed by atoms with Gasteiger partial charge >= 0.3 is 6.09 Å². The number of piperidine rings is 1. The second kappa shape index (κ2) is 11.9. The van der Waals surface area contributed by atoms with Gasteiger partial charge in [-0.15, -0.1) is 0 Å². The van der Waals surface area contributed by atoms with Crippen molar-refractivity contribution < 1.29 is 19.1 Å². The number of ether oxygens (including phenoxy) is 2. The Bertz CT molecular complexity index is 1080. The molecule has 2 bridgehead atoms. The van der Waals surface area contributed by atoms with E-state index >= 15 is 0 Å². The largest absolute Gasteiger partial charge is 0.493 e. The zero-order chi connectivity index (χ0) is 26.4. The molecule has 37 heavy (non-hydrogen) atoms. The van der Waals surface area contributed by atoms with Crippen LogP contribution < -0.4 is 10.1 Å². The molecular weight excluding hydrogens is 468 g/mol. The van der Waals surface area contributed by atoms with Gasteiger partial charge in [0.25, 0.3) is 5.91 Å². The number of nitrogens with one attached hydrogen (secondary N) is 1. The van der Waals surface area contributed by atoms with E-state index in [0.717, 1.165) is 55.6 Å². The number of nitrogens with zero attached hydrogens (tertiary/aromatic N) is 3. The summed E-state index contributed by atoms with van der Waals surface area (Å²) in [5.74, 6) is 1.05. The number of rotatable bonds is 1. The molecule has 0 radical (unpaired) electrons. The topological polar surface area (TPSA) is 84.0 Å². The molecule has 2 aliphatic heterocycles. The number of carbonyl (C=O) groups excluding carboxylic acids is 2. The molecule has 1 saturated heterocycles. The summed E-state index contributed by atoms with van der Waals surface area (Å²) in [5, 5.41) is 3.53. The summed E-state index contributed by atoms with van der Waals surface area (Å²) >= 11 is 0. The van der Waals surface area contributed by atoms with Gasteiger partial charge in [0.05, 0.1) is 12.2 Å². The van der Waals surface area contributed by atoms with Crippen LogP contribution in [0.2, 0.25) is 0 Å². The molecule has 1 aromatic heterocycles. The van der Waals surface area contributed by atoms with Crippen molar-refractivity contribution in [3.8, 4) is 16.9 Å². The Balaban J connectivity index is 1.53. The number of benzene rings is 1. The van der Waals surface area contributed by atoms with Gasteiger partial charge in [-0.25, -0.2) is 4.79 Å². The molecule has 2 aromatic rings. The highest BCUT2D eigenvalue weighted by atomic mass is 16.6. The third-order valence-electron chi connectivity index (χ3n) is 7.11. The van der Waals surface area contributed by atoms with Crippen LogP contribution in [-0.2, 0) is 4.74 Å². The normalized spacial score (nSPS) is 20.3. The van der Waals surface area contributed by atoms with Gasteiger partial charge in [-0.3, -0.25) is 9.78 Å². The fourth-order valence-corrected chi connectivity index (χ4v) is 5.18. The number of hydrogen-bond donors (Lipinski definition) is 1. The molecule has 4 rings (SSSR count). The molecule has 0 saturated carbocycles. The molecule has 3 heterocycles. The van der Waals surface area contributed by atoms with Gasteiger partial charge in [0.2, 0.25) is 0 Å². The number of para-hydroxylation sites is 1. The first-order valence-corrected chi connectivity index (χ1v) is 13.4. The molecule has 0 aliphatic carbocycles. The van der Waals surface area contributed by atoms with Gasteiger partial charge in [0, 0.05) is 49.7 Å². The molecule has 1 N–H and O–H groups in total. The van der Waals surface area contributed by atoms with Gasteiger partial charge in [-0.2, -0.15) is 0 Å². The van der Waals surface area contributed by atoms with Gasteiger partial charge in [0.1, 0.15) is 11.4 Å². The quantitative estimate of drug-likeness (QED) is 0.606. The first-order chi connectivity index (χ1) is 17.7. The molecular formula is C29H40N4O4. The Labute approximate surface area is 220 Å². The Morgan fingerprint density at radius 3 is 2.57 bits per heavy atom. The predicted molar refractivity (Wildman–Crippen MR) is 144 cm³/mol. The summed E-state index contributed by atoms with van der Waals surface area (Å²) in [5.41, 5.74) is 1.85. The number of amides is 2. The summed E-state index contributed by atoms with van der Waals surface area (Å²) in [4.78, 5) is 34.3. The van der Waals surface area contributed by atoms with Crippen LogP contribution >= 0.6 is 0 Å². The zero-order valence-corrected chi connectivity index (χ0v) is 22.5. The van der Waals surface area contributed by atoms with E-state index in [-0.39, 0.29) is 18.0 Å². The van der Waals surface area contributed by atoms with Crippen LogP contribution in [0, 0.1) is 5.92 Å². The van der Waals surface area contributed by atoms with Crippen LogP contribution in [0.1, 0.15) is 56.8 Å². The van der Waals surface area contributed by atoms with E-state index in [1.165, 1.54) is 0 Å². The van der Waals surface area contributed by atoms with Crippen molar-refractivity contribution in [2.24, 2.45) is 5.92 Å². The van der Waals surface area contributed by atoms with Gasteiger partial charge < -0.3 is 24.6 Å². The minimum absolute atomic E-state index is 0.0396. The van der Waals surface area contributed by atoms with Crippen LogP contribution in [0.5, 0.6) is 5.75 Å². The van der Waals surface area contributed by atoms with Crippen LogP contribution in [0.25, 0.3) is 11.1 Å². The maximum atomic E-state index is 13.7. The highest BCUT2D eigenvalue weighted by Crippen LogP contribution is 2.31. The molecule has 8 nitrogen and oxygen atoms in total. The average Bonchev–Trinajstić information content (AvgIpc) is 2.89. The van der Waals surface area contributed by atoms with Crippen LogP contribution in [-0.4, -0.2) is 78.3 Å². The van der Waals surface area contributed by atoms with Gasteiger partial charge in [-0.1, -0.05) is 18.2 Å². The van der Waals surface area contributed by atoms with Crippen LogP contribution in [0.4, 0.5) is 4.79 Å². The smallest absolute Gasteiger partial charge is 0.410 e. The Morgan fingerprint density at radius 2 is 1.81 bits per heavy atom. The summed E-state index contributed by atoms with van der Waals surface area (Å²) in [6, 6.07) is 9.85. The second-order valence-corrected chi connectivity index (χ2v) is 11.0. The lowest BCUT2D eigenvalue weighted by Crippen LogP contribution is -2.49. The Hall–Kier alpha value is -3.13. The van der Waals surface area contributed by atoms with Crippen molar-refractivity contribution in [1.82, 2.24) is 20.1 Å². The monoisotopic (exact) mass is 508 g/mol. The highest BCUT2D eigenvalue weighted by Gasteiger charge is 2.34. The summed E-state index contributed by atoms with van der Waals surface area (Å²) in [6.07, 6.45) is 6.56. The lowest BCUT2D eigenvalue weighted by atomic mass is 9.86.